The van der Waals surface area contributed by atoms with Crippen molar-refractivity contribution < 1.29 is 4.79 Å². The van der Waals surface area contributed by atoms with Gasteiger partial charge in [0.15, 0.2) is 0 Å². The summed E-state index contributed by atoms with van der Waals surface area (Å²) in [5.74, 6) is 4.53. The fraction of sp³-hybridized carbons (Fsp3) is 0.667. The molecule has 0 radical (unpaired) electrons. The van der Waals surface area contributed by atoms with Gasteiger partial charge in [0.2, 0.25) is 5.12 Å². The molecule has 0 aromatic rings. The van der Waals surface area contributed by atoms with E-state index in [4.69, 9.17) is 0 Å². The second kappa shape index (κ2) is 8.02. The molecule has 1 heterocycles. The first-order valence-corrected chi connectivity index (χ1v) is 8.73. The molecular weight excluding hydrogens is 252 g/mol. The predicted octanol–water partition coefficient (Wildman–Crippen LogP) is 2.97. The summed E-state index contributed by atoms with van der Waals surface area (Å²) in [4.78, 5) is 10.9. The topological polar surface area (TPSA) is 17.1 Å². The lowest BCUT2D eigenvalue weighted by Crippen LogP contribution is -2.05. The number of carbonyl (C=O) groups excluding carboxylic acids is 1. The minimum absolute atomic E-state index is 0.0939. The van der Waals surface area contributed by atoms with Crippen LogP contribution in [0.15, 0.2) is 12.7 Å². The highest BCUT2D eigenvalue weighted by Crippen LogP contribution is 2.31. The van der Waals surface area contributed by atoms with E-state index in [9.17, 15) is 4.79 Å². The Labute approximate surface area is 103 Å². The van der Waals surface area contributed by atoms with E-state index in [1.807, 2.05) is 23.5 Å². The summed E-state index contributed by atoms with van der Waals surface area (Å²) in [6.07, 6.45) is 1.39. The van der Waals surface area contributed by atoms with E-state index in [0.717, 1.165) is 16.8 Å². The van der Waals surface area contributed by atoms with Crippen molar-refractivity contribution in [3.05, 3.63) is 12.7 Å². The summed E-state index contributed by atoms with van der Waals surface area (Å²) < 4.78 is 0. The summed E-state index contributed by atoms with van der Waals surface area (Å²) >= 11 is 7.43. The lowest BCUT2D eigenvalue weighted by Gasteiger charge is -2.05. The lowest BCUT2D eigenvalue weighted by atomic mass is 10.6. The van der Waals surface area contributed by atoms with E-state index >= 15 is 0 Å². The van der Waals surface area contributed by atoms with E-state index in [1.165, 1.54) is 34.4 Å². The van der Waals surface area contributed by atoms with Gasteiger partial charge in [0, 0.05) is 33.3 Å². The van der Waals surface area contributed by atoms with Crippen LogP contribution < -0.4 is 0 Å². The minimum atomic E-state index is 0.0939. The Morgan fingerprint density at radius 2 is 2.43 bits per heavy atom. The first-order chi connectivity index (χ1) is 6.83. The van der Waals surface area contributed by atoms with Crippen LogP contribution >= 0.6 is 47.0 Å². The Balaban J connectivity index is 1.88. The van der Waals surface area contributed by atoms with Crippen molar-refractivity contribution in [3.8, 4) is 0 Å². The highest BCUT2D eigenvalue weighted by molar-refractivity contribution is 8.20. The maximum atomic E-state index is 10.9. The van der Waals surface area contributed by atoms with E-state index in [-0.39, 0.29) is 5.12 Å². The largest absolute Gasteiger partial charge is 0.282 e. The van der Waals surface area contributed by atoms with Gasteiger partial charge in [-0.1, -0.05) is 18.3 Å². The molecule has 5 heteroatoms. The van der Waals surface area contributed by atoms with Crippen LogP contribution in [-0.4, -0.2) is 38.5 Å². The summed E-state index contributed by atoms with van der Waals surface area (Å²) in [5, 5.41) is 2.19. The molecule has 0 bridgehead atoms. The van der Waals surface area contributed by atoms with E-state index in [0.29, 0.717) is 0 Å². The fourth-order valence-electron chi connectivity index (χ4n) is 0.943. The molecule has 1 atom stereocenters. The summed E-state index contributed by atoms with van der Waals surface area (Å²) in [7, 11) is 0. The second-order valence-electron chi connectivity index (χ2n) is 2.72. The average Bonchev–Trinajstić information content (AvgIpc) is 2.69. The Kier molecular flexibility index (Phi) is 7.38. The van der Waals surface area contributed by atoms with Crippen LogP contribution in [0.5, 0.6) is 0 Å². The standard InChI is InChI=1S/C9H14OS4/c1-2-9(10)13-4-3-11-5-8-6-12-7-14-8/h2,8H,1,3-7H2. The normalized spacial score (nSPS) is 21.0. The monoisotopic (exact) mass is 266 g/mol. The van der Waals surface area contributed by atoms with Gasteiger partial charge < -0.3 is 0 Å². The Morgan fingerprint density at radius 1 is 1.57 bits per heavy atom. The van der Waals surface area contributed by atoms with Gasteiger partial charge in [-0.05, 0) is 6.08 Å². The van der Waals surface area contributed by atoms with Crippen LogP contribution in [0.3, 0.4) is 0 Å². The average molecular weight is 266 g/mol. The van der Waals surface area contributed by atoms with Crippen molar-refractivity contribution >= 4 is 52.2 Å². The van der Waals surface area contributed by atoms with Crippen LogP contribution in [0.4, 0.5) is 0 Å². The first-order valence-electron chi connectivity index (χ1n) is 4.39. The number of hydrogen-bond acceptors (Lipinski definition) is 5. The first kappa shape index (κ1) is 12.9. The van der Waals surface area contributed by atoms with Gasteiger partial charge in [0.25, 0.3) is 0 Å². The third kappa shape index (κ3) is 5.63. The maximum absolute atomic E-state index is 10.9. The highest BCUT2D eigenvalue weighted by Gasteiger charge is 2.15. The van der Waals surface area contributed by atoms with Gasteiger partial charge in [-0.3, -0.25) is 4.79 Å². The molecule has 0 aliphatic carbocycles. The van der Waals surface area contributed by atoms with Crippen molar-refractivity contribution in [1.29, 1.82) is 0 Å². The number of carbonyl (C=O) groups is 1. The van der Waals surface area contributed by atoms with Crippen molar-refractivity contribution in [2.75, 3.05) is 28.1 Å². The molecule has 14 heavy (non-hydrogen) atoms. The summed E-state index contributed by atoms with van der Waals surface area (Å²) in [5.41, 5.74) is 0. The van der Waals surface area contributed by atoms with Crippen LogP contribution in [0.2, 0.25) is 0 Å². The van der Waals surface area contributed by atoms with E-state index < -0.39 is 0 Å². The third-order valence-electron chi connectivity index (χ3n) is 1.63. The van der Waals surface area contributed by atoms with Gasteiger partial charge in [-0.25, -0.2) is 0 Å². The number of rotatable bonds is 6. The molecule has 0 saturated carbocycles. The fourth-order valence-corrected chi connectivity index (χ4v) is 6.03. The van der Waals surface area contributed by atoms with Gasteiger partial charge >= 0.3 is 0 Å². The highest BCUT2D eigenvalue weighted by atomic mass is 32.2. The smallest absolute Gasteiger partial charge is 0.211 e. The van der Waals surface area contributed by atoms with Crippen molar-refractivity contribution in [1.82, 2.24) is 0 Å². The molecule has 0 spiro atoms. The third-order valence-corrected chi connectivity index (χ3v) is 6.96. The molecule has 1 rings (SSSR count). The summed E-state index contributed by atoms with van der Waals surface area (Å²) in [6, 6.07) is 0. The van der Waals surface area contributed by atoms with E-state index in [2.05, 4.69) is 18.3 Å². The molecule has 1 aliphatic heterocycles. The van der Waals surface area contributed by atoms with Crippen molar-refractivity contribution in [2.45, 2.75) is 5.25 Å². The number of thioether (sulfide) groups is 4. The molecular formula is C9H14OS4. The molecule has 0 aromatic carbocycles. The SMILES string of the molecule is C=CC(=O)SCCSCC1CSCS1. The molecule has 1 aliphatic rings. The quantitative estimate of drug-likeness (QED) is 0.541. The van der Waals surface area contributed by atoms with Gasteiger partial charge in [-0.15, -0.1) is 23.5 Å². The molecule has 0 amide bonds. The van der Waals surface area contributed by atoms with Gasteiger partial charge in [0.05, 0.1) is 0 Å². The molecule has 1 unspecified atom stereocenters. The van der Waals surface area contributed by atoms with E-state index in [1.54, 1.807) is 0 Å². The molecule has 1 nitrogen and oxygen atoms in total. The molecule has 80 valence electrons. The minimum Gasteiger partial charge on any atom is -0.282 e. The predicted molar refractivity (Wildman–Crippen MR) is 73.7 cm³/mol. The van der Waals surface area contributed by atoms with Gasteiger partial charge in [0.1, 0.15) is 0 Å². The Hall–Kier alpha value is 0.810. The summed E-state index contributed by atoms with van der Waals surface area (Å²) in [6.45, 7) is 3.44. The van der Waals surface area contributed by atoms with Crippen LogP contribution in [0.25, 0.3) is 0 Å². The van der Waals surface area contributed by atoms with Crippen molar-refractivity contribution in [2.24, 2.45) is 0 Å². The van der Waals surface area contributed by atoms with Crippen molar-refractivity contribution in [3.63, 3.8) is 0 Å². The zero-order valence-electron chi connectivity index (χ0n) is 7.94. The van der Waals surface area contributed by atoms with Crippen LogP contribution in [0.1, 0.15) is 0 Å². The Bertz CT molecular complexity index is 189. The number of hydrogen-bond donors (Lipinski definition) is 0. The molecule has 1 saturated heterocycles. The second-order valence-corrected chi connectivity index (χ2v) is 7.66. The van der Waals surface area contributed by atoms with Crippen LogP contribution in [0, 0.1) is 0 Å². The zero-order chi connectivity index (χ0) is 10.2. The zero-order valence-corrected chi connectivity index (χ0v) is 11.2. The molecule has 0 aromatic heterocycles. The molecule has 0 N–H and O–H groups in total. The van der Waals surface area contributed by atoms with Gasteiger partial charge in [-0.2, -0.15) is 11.8 Å². The molecule has 1 fully saturated rings. The lowest BCUT2D eigenvalue weighted by molar-refractivity contribution is -0.107. The maximum Gasteiger partial charge on any atom is 0.211 e. The van der Waals surface area contributed by atoms with Crippen LogP contribution in [-0.2, 0) is 4.79 Å². The Morgan fingerprint density at radius 3 is 3.07 bits per heavy atom.